The molecular formula is C103H67N9. The van der Waals surface area contributed by atoms with Crippen LogP contribution in [0.3, 0.4) is 0 Å². The number of fused-ring (bicyclic) bond motifs is 12. The standard InChI is InChI=1S/C52H34N4.C51H33N5/c1-4-14-35(15-5-1)46-33-40(34-47(54-46)36-16-6-2-7-17-36)37-18-12-21-42(30-37)56-50-28-26-39(32-45(50)52-51(56)24-13-29-53-52)38-25-27-49-44(31-38)43-22-10-11-23-48(43)55(49)41-19-8-3-9-20-41;1-4-14-34(15-5-1)44-33-45(35-16-6-2-7-17-35)54-51(53-44)38-18-12-21-40(30-38)56-48-28-26-37(32-43(48)50-49(56)24-13-29-52-50)36-25-27-47-42(31-36)41-22-10-11-23-46(41)55(47)39-19-8-3-9-20-39/h1-34H;1-33H. The molecule has 524 valence electrons. The highest BCUT2D eigenvalue weighted by atomic mass is 15.0. The summed E-state index contributed by atoms with van der Waals surface area (Å²) in [7, 11) is 0. The molecule has 9 heteroatoms. The first kappa shape index (κ1) is 65.1. The molecule has 22 rings (SSSR count). The number of aromatic nitrogens is 9. The van der Waals surface area contributed by atoms with Crippen LogP contribution in [0.4, 0.5) is 0 Å². The highest BCUT2D eigenvalue weighted by molar-refractivity contribution is 6.14. The van der Waals surface area contributed by atoms with Gasteiger partial charge in [-0.05, 0) is 185 Å². The molecule has 0 radical (unpaired) electrons. The van der Waals surface area contributed by atoms with Crippen LogP contribution >= 0.6 is 0 Å². The van der Waals surface area contributed by atoms with Gasteiger partial charge >= 0.3 is 0 Å². The van der Waals surface area contributed by atoms with Crippen molar-refractivity contribution in [2.75, 3.05) is 0 Å². The second-order valence-corrected chi connectivity index (χ2v) is 28.4. The number of para-hydroxylation sites is 4. The van der Waals surface area contributed by atoms with E-state index in [1.165, 1.54) is 54.7 Å². The van der Waals surface area contributed by atoms with Crippen LogP contribution in [0, 0.1) is 0 Å². The quantitative estimate of drug-likeness (QED) is 0.122. The van der Waals surface area contributed by atoms with Gasteiger partial charge in [0.1, 0.15) is 0 Å². The molecule has 8 heterocycles. The Bertz CT molecular complexity index is 6790. The fourth-order valence-electron chi connectivity index (χ4n) is 16.5. The van der Waals surface area contributed by atoms with E-state index in [2.05, 4.69) is 352 Å². The molecule has 0 aliphatic heterocycles. The van der Waals surface area contributed by atoms with Crippen LogP contribution < -0.4 is 0 Å². The van der Waals surface area contributed by atoms with Crippen LogP contribution in [0.15, 0.2) is 407 Å². The molecule has 0 N–H and O–H groups in total. The van der Waals surface area contributed by atoms with Gasteiger partial charge in [-0.25, -0.2) is 15.0 Å². The lowest BCUT2D eigenvalue weighted by molar-refractivity contribution is 1.15. The van der Waals surface area contributed by atoms with Gasteiger partial charge in [0.25, 0.3) is 0 Å². The maximum absolute atomic E-state index is 5.12. The molecule has 0 aliphatic carbocycles. The van der Waals surface area contributed by atoms with Gasteiger partial charge in [0.05, 0.1) is 77.9 Å². The Hall–Kier alpha value is -15.2. The van der Waals surface area contributed by atoms with Gasteiger partial charge in [-0.15, -0.1) is 0 Å². The van der Waals surface area contributed by atoms with E-state index in [-0.39, 0.29) is 0 Å². The highest BCUT2D eigenvalue weighted by Crippen LogP contribution is 2.43. The van der Waals surface area contributed by atoms with Crippen LogP contribution in [-0.2, 0) is 0 Å². The van der Waals surface area contributed by atoms with Gasteiger partial charge in [-0.2, -0.15) is 0 Å². The third-order valence-corrected chi connectivity index (χ3v) is 21.7. The van der Waals surface area contributed by atoms with Crippen LogP contribution in [-0.4, -0.2) is 43.2 Å². The Morgan fingerprint density at radius 2 is 0.455 bits per heavy atom. The first-order valence-corrected chi connectivity index (χ1v) is 37.8. The molecular weight excluding hydrogens is 1360 g/mol. The van der Waals surface area contributed by atoms with Crippen LogP contribution in [0.1, 0.15) is 0 Å². The summed E-state index contributed by atoms with van der Waals surface area (Å²) in [5, 5.41) is 7.17. The van der Waals surface area contributed by atoms with Gasteiger partial charge in [0, 0.05) is 95.3 Å². The second kappa shape index (κ2) is 27.5. The van der Waals surface area contributed by atoms with E-state index >= 15 is 0 Å². The van der Waals surface area contributed by atoms with Crippen molar-refractivity contribution in [3.63, 3.8) is 0 Å². The van der Waals surface area contributed by atoms with E-state index in [9.17, 15) is 0 Å². The monoisotopic (exact) mass is 1430 g/mol. The van der Waals surface area contributed by atoms with Crippen molar-refractivity contribution >= 4 is 87.5 Å². The fraction of sp³-hybridized carbons (Fsp3) is 0. The Morgan fingerprint density at radius 1 is 0.161 bits per heavy atom. The summed E-state index contributed by atoms with van der Waals surface area (Å²) in [5.74, 6) is 0.678. The zero-order valence-electron chi connectivity index (χ0n) is 60.7. The van der Waals surface area contributed by atoms with Crippen molar-refractivity contribution in [3.05, 3.63) is 407 Å². The van der Waals surface area contributed by atoms with E-state index in [1.807, 2.05) is 73.1 Å². The summed E-state index contributed by atoms with van der Waals surface area (Å²) < 4.78 is 9.37. The maximum atomic E-state index is 5.12. The smallest absolute Gasteiger partial charge is 0.160 e. The SMILES string of the molecule is c1ccc(-c2cc(-c3cccc(-n4c5ccc(-c6ccc7c(c6)c6ccccc6n7-c6ccccc6)cc5c5ncccc54)c3)cc(-c3ccccc3)n2)cc1.c1ccc(-c2cc(-c3ccccc3)nc(-c3cccc(-n4c5ccc(-c6ccc7c(c6)c6ccccc6n7-c6ccccc6)cc5c5ncccc54)c3)n2)cc1. The van der Waals surface area contributed by atoms with Crippen molar-refractivity contribution in [1.29, 1.82) is 0 Å². The average Bonchev–Trinajstić information content (AvgIpc) is 1.58. The molecule has 0 atom stereocenters. The lowest BCUT2D eigenvalue weighted by atomic mass is 9.99. The predicted octanol–water partition coefficient (Wildman–Crippen LogP) is 26.1. The summed E-state index contributed by atoms with van der Waals surface area (Å²) in [6.07, 6.45) is 3.78. The molecule has 112 heavy (non-hydrogen) atoms. The third kappa shape index (κ3) is 11.5. The predicted molar refractivity (Wildman–Crippen MR) is 463 cm³/mol. The molecule has 0 saturated carbocycles. The van der Waals surface area contributed by atoms with Crippen LogP contribution in [0.5, 0.6) is 0 Å². The van der Waals surface area contributed by atoms with E-state index in [0.29, 0.717) is 5.82 Å². The molecule has 22 aromatic rings. The van der Waals surface area contributed by atoms with Gasteiger partial charge in [-0.3, -0.25) is 9.97 Å². The molecule has 0 spiro atoms. The average molecular weight is 1430 g/mol. The zero-order chi connectivity index (χ0) is 74.0. The first-order valence-electron chi connectivity index (χ1n) is 37.8. The molecule has 9 nitrogen and oxygen atoms in total. The minimum absolute atomic E-state index is 0.678. The Labute approximate surface area is 645 Å². The van der Waals surface area contributed by atoms with Crippen molar-refractivity contribution < 1.29 is 0 Å². The largest absolute Gasteiger partial charge is 0.309 e. The fourth-order valence-corrected chi connectivity index (χ4v) is 16.5. The summed E-state index contributed by atoms with van der Waals surface area (Å²) in [6, 6.07) is 140. The number of hydrogen-bond donors (Lipinski definition) is 0. The number of benzene rings is 14. The van der Waals surface area contributed by atoms with E-state index in [4.69, 9.17) is 24.9 Å². The molecule has 0 unspecified atom stereocenters. The molecule has 0 bridgehead atoms. The molecule has 8 aromatic heterocycles. The Morgan fingerprint density at radius 3 is 0.875 bits per heavy atom. The van der Waals surface area contributed by atoms with E-state index < -0.39 is 0 Å². The highest BCUT2D eigenvalue weighted by Gasteiger charge is 2.22. The first-order chi connectivity index (χ1) is 55.5. The molecule has 0 amide bonds. The Balaban J connectivity index is 0.000000141. The Kier molecular flexibility index (Phi) is 16.0. The normalized spacial score (nSPS) is 11.6. The van der Waals surface area contributed by atoms with Crippen LogP contribution in [0.2, 0.25) is 0 Å². The summed E-state index contributed by atoms with van der Waals surface area (Å²) in [6.45, 7) is 0. The van der Waals surface area contributed by atoms with E-state index in [1.54, 1.807) is 0 Å². The van der Waals surface area contributed by atoms with Crippen molar-refractivity contribution in [1.82, 2.24) is 43.2 Å². The van der Waals surface area contributed by atoms with Gasteiger partial charge in [-0.1, -0.05) is 243 Å². The summed E-state index contributed by atoms with van der Waals surface area (Å²) >= 11 is 0. The van der Waals surface area contributed by atoms with Gasteiger partial charge in [0.15, 0.2) is 5.82 Å². The molecule has 0 saturated heterocycles. The number of rotatable bonds is 12. The third-order valence-electron chi connectivity index (χ3n) is 21.7. The minimum Gasteiger partial charge on any atom is -0.309 e. The van der Waals surface area contributed by atoms with Crippen molar-refractivity contribution in [2.45, 2.75) is 0 Å². The second-order valence-electron chi connectivity index (χ2n) is 28.4. The van der Waals surface area contributed by atoms with E-state index in [0.717, 1.165) is 139 Å². The number of pyridine rings is 3. The van der Waals surface area contributed by atoms with Gasteiger partial charge in [0.2, 0.25) is 0 Å². The topological polar surface area (TPSA) is 84.2 Å². The van der Waals surface area contributed by atoms with Gasteiger partial charge < -0.3 is 18.3 Å². The summed E-state index contributed by atoms with van der Waals surface area (Å²) in [5.41, 5.74) is 31.3. The number of hydrogen-bond acceptors (Lipinski definition) is 5. The molecule has 0 aliphatic rings. The minimum atomic E-state index is 0.678. The lowest BCUT2D eigenvalue weighted by Gasteiger charge is -2.13. The van der Waals surface area contributed by atoms with Crippen molar-refractivity contribution in [3.8, 4) is 113 Å². The maximum Gasteiger partial charge on any atom is 0.160 e. The zero-order valence-corrected chi connectivity index (χ0v) is 60.7. The van der Waals surface area contributed by atoms with Crippen molar-refractivity contribution in [2.24, 2.45) is 0 Å². The molecule has 14 aromatic carbocycles. The summed E-state index contributed by atoms with van der Waals surface area (Å²) in [4.78, 5) is 25.2. The molecule has 0 fully saturated rings. The van der Waals surface area contributed by atoms with Crippen LogP contribution in [0.25, 0.3) is 200 Å². The number of nitrogens with zero attached hydrogens (tertiary/aromatic N) is 9. The lowest BCUT2D eigenvalue weighted by Crippen LogP contribution is -1.98.